The second kappa shape index (κ2) is 11.1. The van der Waals surface area contributed by atoms with E-state index in [9.17, 15) is 0 Å². The van der Waals surface area contributed by atoms with Gasteiger partial charge in [0.25, 0.3) is 0 Å². The fraction of sp³-hybridized carbons (Fsp3) is 0.400. The van der Waals surface area contributed by atoms with Gasteiger partial charge in [-0.05, 0) is 43.3 Å². The molecule has 0 spiro atoms. The van der Waals surface area contributed by atoms with Crippen molar-refractivity contribution in [2.75, 3.05) is 39.3 Å². The van der Waals surface area contributed by atoms with E-state index >= 15 is 0 Å². The molecule has 4 heterocycles. The third-order valence-electron chi connectivity index (χ3n) is 5.75. The van der Waals surface area contributed by atoms with Crippen molar-refractivity contribution in [3.8, 4) is 0 Å². The minimum absolute atomic E-state index is 0.884. The Morgan fingerprint density at radius 2 is 1.03 bits per heavy atom. The van der Waals surface area contributed by atoms with E-state index in [1.807, 2.05) is 24.5 Å². The number of pyridine rings is 3. The molecular formula is C25H32N6. The van der Waals surface area contributed by atoms with Crippen LogP contribution in [0.1, 0.15) is 22.8 Å². The van der Waals surface area contributed by atoms with Crippen LogP contribution in [0.4, 0.5) is 0 Å². The van der Waals surface area contributed by atoms with Crippen LogP contribution in [0.15, 0.2) is 67.0 Å². The Hall–Kier alpha value is -2.67. The Morgan fingerprint density at radius 1 is 0.581 bits per heavy atom. The van der Waals surface area contributed by atoms with Crippen molar-refractivity contribution in [3.05, 3.63) is 89.8 Å². The highest BCUT2D eigenvalue weighted by Crippen LogP contribution is 2.10. The SMILES string of the molecule is Cc1cccc(CN2CCN(Cc3ccccn3)CCN(Cc3ccccn3)CC2)n1. The highest BCUT2D eigenvalue weighted by Gasteiger charge is 2.18. The zero-order valence-corrected chi connectivity index (χ0v) is 18.4. The van der Waals surface area contributed by atoms with Gasteiger partial charge >= 0.3 is 0 Å². The summed E-state index contributed by atoms with van der Waals surface area (Å²) in [5.74, 6) is 0. The smallest absolute Gasteiger partial charge is 0.0547 e. The number of aromatic nitrogens is 3. The van der Waals surface area contributed by atoms with Gasteiger partial charge in [-0.25, -0.2) is 0 Å². The molecule has 6 nitrogen and oxygen atoms in total. The first-order valence-corrected chi connectivity index (χ1v) is 11.1. The van der Waals surface area contributed by atoms with Gasteiger partial charge in [0.1, 0.15) is 0 Å². The van der Waals surface area contributed by atoms with Crippen LogP contribution in [0, 0.1) is 6.92 Å². The van der Waals surface area contributed by atoms with Crippen molar-refractivity contribution in [3.63, 3.8) is 0 Å². The molecule has 0 saturated carbocycles. The molecule has 1 aliphatic rings. The molecular weight excluding hydrogens is 384 g/mol. The second-order valence-electron chi connectivity index (χ2n) is 8.24. The molecule has 1 aliphatic heterocycles. The van der Waals surface area contributed by atoms with Crippen LogP contribution in [0.5, 0.6) is 0 Å². The van der Waals surface area contributed by atoms with E-state index in [0.717, 1.165) is 81.7 Å². The van der Waals surface area contributed by atoms with Gasteiger partial charge in [0.15, 0.2) is 0 Å². The fourth-order valence-electron chi connectivity index (χ4n) is 4.02. The van der Waals surface area contributed by atoms with Gasteiger partial charge in [0.2, 0.25) is 0 Å². The molecule has 31 heavy (non-hydrogen) atoms. The van der Waals surface area contributed by atoms with Gasteiger partial charge in [-0.1, -0.05) is 18.2 Å². The standard InChI is InChI=1S/C25H32N6/c1-22-7-6-10-25(28-22)21-31-17-15-29(19-23-8-2-4-11-26-23)13-14-30(16-18-31)20-24-9-3-5-12-27-24/h2-12H,13-21H2,1H3. The van der Waals surface area contributed by atoms with Crippen molar-refractivity contribution in [1.29, 1.82) is 0 Å². The number of aryl methyl sites for hydroxylation is 1. The summed E-state index contributed by atoms with van der Waals surface area (Å²) in [5.41, 5.74) is 4.48. The monoisotopic (exact) mass is 416 g/mol. The number of rotatable bonds is 6. The topological polar surface area (TPSA) is 48.4 Å². The van der Waals surface area contributed by atoms with Crippen molar-refractivity contribution in [2.24, 2.45) is 0 Å². The lowest BCUT2D eigenvalue weighted by molar-refractivity contribution is 0.207. The molecule has 0 aliphatic carbocycles. The average Bonchev–Trinajstić information content (AvgIpc) is 2.87. The van der Waals surface area contributed by atoms with Crippen molar-refractivity contribution >= 4 is 0 Å². The maximum Gasteiger partial charge on any atom is 0.0547 e. The quantitative estimate of drug-likeness (QED) is 0.616. The number of hydrogen-bond acceptors (Lipinski definition) is 6. The first-order valence-electron chi connectivity index (χ1n) is 11.1. The normalized spacial score (nSPS) is 17.1. The summed E-state index contributed by atoms with van der Waals surface area (Å²) in [6.07, 6.45) is 3.77. The van der Waals surface area contributed by atoms with Crippen molar-refractivity contribution in [1.82, 2.24) is 29.7 Å². The summed E-state index contributed by atoms with van der Waals surface area (Å²) in [6.45, 7) is 10.9. The summed E-state index contributed by atoms with van der Waals surface area (Å²) in [7, 11) is 0. The summed E-state index contributed by atoms with van der Waals surface area (Å²) >= 11 is 0. The first kappa shape index (κ1) is 21.6. The lowest BCUT2D eigenvalue weighted by atomic mass is 10.3. The van der Waals surface area contributed by atoms with E-state index in [0.29, 0.717) is 0 Å². The Labute approximate surface area is 185 Å². The van der Waals surface area contributed by atoms with E-state index < -0.39 is 0 Å². The Bertz CT molecular complexity index is 864. The van der Waals surface area contributed by atoms with E-state index in [2.05, 4.69) is 74.1 Å². The highest BCUT2D eigenvalue weighted by molar-refractivity contribution is 5.10. The zero-order chi connectivity index (χ0) is 21.3. The lowest BCUT2D eigenvalue weighted by Gasteiger charge is -2.25. The summed E-state index contributed by atoms with van der Waals surface area (Å²) in [5, 5.41) is 0. The van der Waals surface area contributed by atoms with Crippen LogP contribution in [0.3, 0.4) is 0 Å². The largest absolute Gasteiger partial charge is 0.295 e. The van der Waals surface area contributed by atoms with Crippen LogP contribution in [0.25, 0.3) is 0 Å². The third kappa shape index (κ3) is 6.92. The van der Waals surface area contributed by atoms with Crippen LogP contribution in [0.2, 0.25) is 0 Å². The van der Waals surface area contributed by atoms with Crippen LogP contribution in [-0.2, 0) is 19.6 Å². The molecule has 0 radical (unpaired) electrons. The van der Waals surface area contributed by atoms with E-state index in [1.54, 1.807) is 0 Å². The van der Waals surface area contributed by atoms with Crippen LogP contribution < -0.4 is 0 Å². The van der Waals surface area contributed by atoms with Gasteiger partial charge < -0.3 is 0 Å². The molecule has 0 amide bonds. The van der Waals surface area contributed by atoms with Gasteiger partial charge in [0.05, 0.1) is 17.1 Å². The summed E-state index contributed by atoms with van der Waals surface area (Å²) in [6, 6.07) is 18.6. The Morgan fingerprint density at radius 3 is 1.45 bits per heavy atom. The Balaban J connectivity index is 1.46. The van der Waals surface area contributed by atoms with Crippen LogP contribution >= 0.6 is 0 Å². The average molecular weight is 417 g/mol. The minimum Gasteiger partial charge on any atom is -0.295 e. The van der Waals surface area contributed by atoms with E-state index in [4.69, 9.17) is 4.98 Å². The number of nitrogens with zero attached hydrogens (tertiary/aromatic N) is 6. The fourth-order valence-corrected chi connectivity index (χ4v) is 4.02. The molecule has 4 rings (SSSR count). The molecule has 0 N–H and O–H groups in total. The van der Waals surface area contributed by atoms with Gasteiger partial charge in [-0.2, -0.15) is 0 Å². The molecule has 3 aromatic heterocycles. The molecule has 1 saturated heterocycles. The third-order valence-corrected chi connectivity index (χ3v) is 5.75. The van der Waals surface area contributed by atoms with Crippen LogP contribution in [-0.4, -0.2) is 68.9 Å². The minimum atomic E-state index is 0.884. The van der Waals surface area contributed by atoms with Gasteiger partial charge in [-0.3, -0.25) is 29.7 Å². The van der Waals surface area contributed by atoms with Gasteiger partial charge in [0, 0.05) is 77.0 Å². The highest BCUT2D eigenvalue weighted by atomic mass is 15.3. The molecule has 0 bridgehead atoms. The van der Waals surface area contributed by atoms with Crippen molar-refractivity contribution in [2.45, 2.75) is 26.6 Å². The number of hydrogen-bond donors (Lipinski definition) is 0. The predicted molar refractivity (Wildman–Crippen MR) is 123 cm³/mol. The molecule has 0 atom stereocenters. The lowest BCUT2D eigenvalue weighted by Crippen LogP contribution is -2.35. The molecule has 3 aromatic rings. The Kier molecular flexibility index (Phi) is 7.71. The predicted octanol–water partition coefficient (Wildman–Crippen LogP) is 3.00. The summed E-state index contributed by atoms with van der Waals surface area (Å²) in [4.78, 5) is 21.4. The maximum absolute atomic E-state index is 4.73. The molecule has 162 valence electrons. The van der Waals surface area contributed by atoms with Gasteiger partial charge in [-0.15, -0.1) is 0 Å². The molecule has 6 heteroatoms. The van der Waals surface area contributed by atoms with E-state index in [1.165, 1.54) is 0 Å². The molecule has 0 unspecified atom stereocenters. The molecule has 1 fully saturated rings. The zero-order valence-electron chi connectivity index (χ0n) is 18.4. The maximum atomic E-state index is 4.73. The summed E-state index contributed by atoms with van der Waals surface area (Å²) < 4.78 is 0. The van der Waals surface area contributed by atoms with Crippen molar-refractivity contribution < 1.29 is 0 Å². The van der Waals surface area contributed by atoms with E-state index in [-0.39, 0.29) is 0 Å². The second-order valence-corrected chi connectivity index (χ2v) is 8.24. The first-order chi connectivity index (χ1) is 15.2. The molecule has 0 aromatic carbocycles.